The number of benzene rings is 1. The average molecular weight is 323 g/mol. The molecule has 0 aromatic heterocycles. The van der Waals surface area contributed by atoms with Gasteiger partial charge in [0.25, 0.3) is 0 Å². The lowest BCUT2D eigenvalue weighted by molar-refractivity contribution is 0.0505. The molecule has 5 nitrogen and oxygen atoms in total. The second-order valence-electron chi connectivity index (χ2n) is 6.60. The summed E-state index contributed by atoms with van der Waals surface area (Å²) in [5.74, 6) is -0.310. The van der Waals surface area contributed by atoms with Crippen molar-refractivity contribution in [3.63, 3.8) is 0 Å². The molecule has 1 heterocycles. The number of carbonyl (C=O) groups is 1. The Morgan fingerprint density at radius 3 is 2.43 bits per heavy atom. The summed E-state index contributed by atoms with van der Waals surface area (Å²) in [6.07, 6.45) is 1.72. The van der Waals surface area contributed by atoms with Crippen LogP contribution in [-0.2, 0) is 5.60 Å². The molecule has 2 rings (SSSR count). The lowest BCUT2D eigenvalue weighted by Gasteiger charge is -2.35. The number of rotatable bonds is 4. The standard InChI is InChI=1S/C17H26FN3O2/c1-17(23,13-4-6-14(18)7-5-13)12-19-15-8-10-21(11-9-15)16(22)20(2)3/h4-7,15,19,23H,8-12H2,1-3H3. The monoisotopic (exact) mass is 323 g/mol. The number of hydrogen-bond acceptors (Lipinski definition) is 3. The Hall–Kier alpha value is -1.66. The second kappa shape index (κ2) is 7.27. The number of carbonyl (C=O) groups excluding carboxylic acids is 1. The van der Waals surface area contributed by atoms with Crippen molar-refractivity contribution in [3.8, 4) is 0 Å². The van der Waals surface area contributed by atoms with Crippen LogP contribution in [0, 0.1) is 5.82 Å². The number of piperidine rings is 1. The van der Waals surface area contributed by atoms with Gasteiger partial charge in [-0.2, -0.15) is 0 Å². The number of halogens is 1. The maximum Gasteiger partial charge on any atom is 0.319 e. The van der Waals surface area contributed by atoms with Crippen molar-refractivity contribution in [2.24, 2.45) is 0 Å². The minimum Gasteiger partial charge on any atom is -0.384 e. The van der Waals surface area contributed by atoms with E-state index in [0.29, 0.717) is 25.2 Å². The van der Waals surface area contributed by atoms with Gasteiger partial charge in [-0.05, 0) is 37.5 Å². The Morgan fingerprint density at radius 2 is 1.91 bits per heavy atom. The Kier molecular flexibility index (Phi) is 5.59. The van der Waals surface area contributed by atoms with Gasteiger partial charge in [-0.1, -0.05) is 12.1 Å². The summed E-state index contributed by atoms with van der Waals surface area (Å²) in [5, 5.41) is 13.9. The van der Waals surface area contributed by atoms with Crippen molar-refractivity contribution in [2.75, 3.05) is 33.7 Å². The van der Waals surface area contributed by atoms with Crippen LogP contribution in [0.1, 0.15) is 25.3 Å². The number of hydrogen-bond donors (Lipinski definition) is 2. The lowest BCUT2D eigenvalue weighted by atomic mass is 9.95. The fraction of sp³-hybridized carbons (Fsp3) is 0.588. The molecule has 1 aliphatic rings. The zero-order valence-corrected chi connectivity index (χ0v) is 14.1. The number of nitrogens with zero attached hydrogens (tertiary/aromatic N) is 2. The molecule has 6 heteroatoms. The predicted molar refractivity (Wildman–Crippen MR) is 87.7 cm³/mol. The van der Waals surface area contributed by atoms with Crippen molar-refractivity contribution < 1.29 is 14.3 Å². The van der Waals surface area contributed by atoms with Crippen LogP contribution < -0.4 is 5.32 Å². The molecule has 1 fully saturated rings. The molecule has 1 aromatic rings. The van der Waals surface area contributed by atoms with E-state index >= 15 is 0 Å². The largest absolute Gasteiger partial charge is 0.384 e. The second-order valence-corrected chi connectivity index (χ2v) is 6.60. The summed E-state index contributed by atoms with van der Waals surface area (Å²) >= 11 is 0. The normalized spacial score (nSPS) is 18.6. The third kappa shape index (κ3) is 4.65. The molecule has 0 radical (unpaired) electrons. The van der Waals surface area contributed by atoms with Gasteiger partial charge in [0.2, 0.25) is 0 Å². The fourth-order valence-electron chi connectivity index (χ4n) is 2.81. The van der Waals surface area contributed by atoms with E-state index in [4.69, 9.17) is 0 Å². The smallest absolute Gasteiger partial charge is 0.319 e. The third-order valence-electron chi connectivity index (χ3n) is 4.35. The van der Waals surface area contributed by atoms with Crippen LogP contribution in [-0.4, -0.2) is 60.7 Å². The van der Waals surface area contributed by atoms with Crippen LogP contribution in [0.25, 0.3) is 0 Å². The lowest BCUT2D eigenvalue weighted by Crippen LogP contribution is -2.50. The number of aliphatic hydroxyl groups is 1. The Balaban J connectivity index is 1.83. The van der Waals surface area contributed by atoms with Crippen LogP contribution in [0.2, 0.25) is 0 Å². The molecule has 1 unspecified atom stereocenters. The van der Waals surface area contributed by atoms with Gasteiger partial charge in [0.1, 0.15) is 5.82 Å². The summed E-state index contributed by atoms with van der Waals surface area (Å²) in [6, 6.07) is 6.24. The molecule has 23 heavy (non-hydrogen) atoms. The minimum atomic E-state index is -1.05. The molecule has 2 amide bonds. The number of urea groups is 1. The van der Waals surface area contributed by atoms with Crippen molar-refractivity contribution in [1.82, 2.24) is 15.1 Å². The van der Waals surface area contributed by atoms with Gasteiger partial charge in [0.15, 0.2) is 0 Å². The predicted octanol–water partition coefficient (Wildman–Crippen LogP) is 1.77. The minimum absolute atomic E-state index is 0.0433. The van der Waals surface area contributed by atoms with Crippen LogP contribution in [0.5, 0.6) is 0 Å². The number of amides is 2. The molecule has 1 atom stereocenters. The highest BCUT2D eigenvalue weighted by Crippen LogP contribution is 2.21. The number of likely N-dealkylation sites (tertiary alicyclic amines) is 1. The molecule has 0 bridgehead atoms. The van der Waals surface area contributed by atoms with E-state index in [9.17, 15) is 14.3 Å². The molecule has 0 spiro atoms. The molecule has 1 aliphatic heterocycles. The first-order valence-corrected chi connectivity index (χ1v) is 7.97. The van der Waals surface area contributed by atoms with E-state index in [1.165, 1.54) is 12.1 Å². The SMILES string of the molecule is CN(C)C(=O)N1CCC(NCC(C)(O)c2ccc(F)cc2)CC1. The maximum absolute atomic E-state index is 13.0. The average Bonchev–Trinajstić information content (AvgIpc) is 2.53. The van der Waals surface area contributed by atoms with Crippen LogP contribution >= 0.6 is 0 Å². The summed E-state index contributed by atoms with van der Waals surface area (Å²) in [5.41, 5.74) is -0.365. The Bertz CT molecular complexity index is 523. The van der Waals surface area contributed by atoms with Crippen molar-refractivity contribution in [3.05, 3.63) is 35.6 Å². The zero-order valence-electron chi connectivity index (χ0n) is 14.1. The van der Waals surface area contributed by atoms with Gasteiger partial charge in [-0.25, -0.2) is 9.18 Å². The first kappa shape index (κ1) is 17.7. The first-order chi connectivity index (χ1) is 10.8. The topological polar surface area (TPSA) is 55.8 Å². The van der Waals surface area contributed by atoms with Gasteiger partial charge in [0.05, 0.1) is 5.60 Å². The van der Waals surface area contributed by atoms with E-state index in [1.807, 2.05) is 4.90 Å². The van der Waals surface area contributed by atoms with Gasteiger partial charge in [-0.3, -0.25) is 0 Å². The molecule has 128 valence electrons. The van der Waals surface area contributed by atoms with Crippen molar-refractivity contribution >= 4 is 6.03 Å². The van der Waals surface area contributed by atoms with Gasteiger partial charge >= 0.3 is 6.03 Å². The summed E-state index contributed by atoms with van der Waals surface area (Å²) in [4.78, 5) is 15.3. The molecule has 0 aliphatic carbocycles. The third-order valence-corrected chi connectivity index (χ3v) is 4.35. The Morgan fingerprint density at radius 1 is 1.35 bits per heavy atom. The van der Waals surface area contributed by atoms with E-state index in [1.54, 1.807) is 38.1 Å². The van der Waals surface area contributed by atoms with E-state index in [-0.39, 0.29) is 17.9 Å². The van der Waals surface area contributed by atoms with Gasteiger partial charge < -0.3 is 20.2 Å². The first-order valence-electron chi connectivity index (χ1n) is 7.97. The van der Waals surface area contributed by atoms with Crippen LogP contribution in [0.3, 0.4) is 0 Å². The van der Waals surface area contributed by atoms with E-state index < -0.39 is 5.60 Å². The number of nitrogens with one attached hydrogen (secondary N) is 1. The molecule has 0 saturated carbocycles. The summed E-state index contributed by atoms with van der Waals surface area (Å²) in [7, 11) is 3.51. The van der Waals surface area contributed by atoms with E-state index in [0.717, 1.165) is 12.8 Å². The quantitative estimate of drug-likeness (QED) is 0.888. The molecular weight excluding hydrogens is 297 g/mol. The Labute approximate surface area is 137 Å². The van der Waals surface area contributed by atoms with Gasteiger partial charge in [0, 0.05) is 39.8 Å². The van der Waals surface area contributed by atoms with Crippen molar-refractivity contribution in [2.45, 2.75) is 31.4 Å². The van der Waals surface area contributed by atoms with Crippen LogP contribution in [0.15, 0.2) is 24.3 Å². The molecule has 1 saturated heterocycles. The molecule has 2 N–H and O–H groups in total. The van der Waals surface area contributed by atoms with Crippen LogP contribution in [0.4, 0.5) is 9.18 Å². The fourth-order valence-corrected chi connectivity index (χ4v) is 2.81. The highest BCUT2D eigenvalue weighted by Gasteiger charge is 2.27. The summed E-state index contributed by atoms with van der Waals surface area (Å²) < 4.78 is 13.0. The maximum atomic E-state index is 13.0. The van der Waals surface area contributed by atoms with E-state index in [2.05, 4.69) is 5.32 Å². The highest BCUT2D eigenvalue weighted by molar-refractivity contribution is 5.73. The molecule has 1 aromatic carbocycles. The zero-order chi connectivity index (χ0) is 17.0. The highest BCUT2D eigenvalue weighted by atomic mass is 19.1. The van der Waals surface area contributed by atoms with Crippen molar-refractivity contribution in [1.29, 1.82) is 0 Å². The van der Waals surface area contributed by atoms with Gasteiger partial charge in [-0.15, -0.1) is 0 Å². The summed E-state index contributed by atoms with van der Waals surface area (Å²) in [6.45, 7) is 3.55. The molecular formula is C17H26FN3O2.